The summed E-state index contributed by atoms with van der Waals surface area (Å²) in [7, 11) is -6.81. The Morgan fingerprint density at radius 1 is 0.818 bits per heavy atom. The van der Waals surface area contributed by atoms with Crippen molar-refractivity contribution in [2.24, 2.45) is 0 Å². The molecule has 0 bridgehead atoms. The molecule has 1 unspecified atom stereocenters. The first-order valence-electron chi connectivity index (χ1n) is 14.2. The number of hydrogen-bond acceptors (Lipinski definition) is 6. The maximum Gasteiger partial charge on any atom is 0.175 e. The van der Waals surface area contributed by atoms with Crippen LogP contribution in [0, 0.1) is 6.92 Å². The molecule has 0 N–H and O–H groups in total. The van der Waals surface area contributed by atoms with Crippen molar-refractivity contribution >= 4 is 36.4 Å². The summed E-state index contributed by atoms with van der Waals surface area (Å²) < 4.78 is 48.6. The molecule has 8 heteroatoms. The molecule has 0 radical (unpaired) electrons. The van der Waals surface area contributed by atoms with Gasteiger partial charge in [-0.15, -0.1) is 0 Å². The first-order chi connectivity index (χ1) is 20.6. The van der Waals surface area contributed by atoms with Crippen molar-refractivity contribution in [3.8, 4) is 11.1 Å². The molecule has 4 aromatic carbocycles. The lowest BCUT2D eigenvalue weighted by Crippen LogP contribution is -2.28. The molecular weight excluding hydrogens is 591 g/mol. The number of sulfone groups is 2. The number of aryl methyl sites for hydroxylation is 1. The molecule has 0 spiro atoms. The lowest BCUT2D eigenvalue weighted by atomic mass is 9.84. The summed E-state index contributed by atoms with van der Waals surface area (Å²) in [6.45, 7) is 5.37. The van der Waals surface area contributed by atoms with E-state index in [1.54, 1.807) is 44.3 Å². The van der Waals surface area contributed by atoms with E-state index < -0.39 is 30.3 Å². The number of carbonyl (C=O) groups is 1. The van der Waals surface area contributed by atoms with Crippen LogP contribution < -0.4 is 0 Å². The Hall–Kier alpha value is -4.14. The van der Waals surface area contributed by atoms with Crippen LogP contribution in [-0.4, -0.2) is 40.1 Å². The average Bonchev–Trinajstić information content (AvgIpc) is 2.98. The maximum atomic E-state index is 13.9. The van der Waals surface area contributed by atoms with Crippen LogP contribution in [0.3, 0.4) is 0 Å². The summed E-state index contributed by atoms with van der Waals surface area (Å²) in [5, 5.41) is 0.834. The molecule has 1 aromatic heterocycles. The van der Waals surface area contributed by atoms with Gasteiger partial charge in [0.1, 0.15) is 0 Å². The standard InChI is InChI=1S/C36H35NO5S2/c1-24-11-13-27(14-12-24)35(38)33(26-15-17-31(18-16-26)43(4,39)40)21-25-8-6-9-28(20-25)32-23-30(36(2,3)44(5,41)42)22-29-10-7-19-37-34(29)32/h6-20,22-23,33H,21H2,1-5H3. The van der Waals surface area contributed by atoms with Gasteiger partial charge in [-0.05, 0) is 79.8 Å². The molecule has 0 aliphatic heterocycles. The van der Waals surface area contributed by atoms with Crippen LogP contribution in [0.5, 0.6) is 0 Å². The molecule has 226 valence electrons. The van der Waals surface area contributed by atoms with Gasteiger partial charge < -0.3 is 0 Å². The molecule has 44 heavy (non-hydrogen) atoms. The monoisotopic (exact) mass is 625 g/mol. The number of fused-ring (bicyclic) bond motifs is 1. The minimum Gasteiger partial charge on any atom is -0.293 e. The van der Waals surface area contributed by atoms with E-state index in [1.165, 1.54) is 6.26 Å². The van der Waals surface area contributed by atoms with E-state index in [0.717, 1.165) is 45.0 Å². The minimum atomic E-state index is -3.42. The average molecular weight is 626 g/mol. The third-order valence-electron chi connectivity index (χ3n) is 8.37. The molecule has 0 amide bonds. The van der Waals surface area contributed by atoms with Gasteiger partial charge in [0.2, 0.25) is 0 Å². The summed E-state index contributed by atoms with van der Waals surface area (Å²) in [6, 6.07) is 29.4. The van der Waals surface area contributed by atoms with Crippen molar-refractivity contribution in [2.45, 2.75) is 42.8 Å². The van der Waals surface area contributed by atoms with Gasteiger partial charge in [-0.3, -0.25) is 9.78 Å². The van der Waals surface area contributed by atoms with Crippen molar-refractivity contribution in [2.75, 3.05) is 12.5 Å². The number of aromatic nitrogens is 1. The summed E-state index contributed by atoms with van der Waals surface area (Å²) in [6.07, 6.45) is 4.49. The molecule has 0 aliphatic rings. The highest BCUT2D eigenvalue weighted by Crippen LogP contribution is 2.37. The largest absolute Gasteiger partial charge is 0.293 e. The number of pyridine rings is 1. The van der Waals surface area contributed by atoms with E-state index in [-0.39, 0.29) is 10.7 Å². The molecule has 5 aromatic rings. The Balaban J connectivity index is 1.61. The SMILES string of the molecule is Cc1ccc(C(=O)C(Cc2cccc(-c3cc(C(C)(C)S(C)(=O)=O)cc4cccnc34)c2)c2ccc(S(C)(=O)=O)cc2)cc1. The van der Waals surface area contributed by atoms with Crippen LogP contribution >= 0.6 is 0 Å². The predicted molar refractivity (Wildman–Crippen MR) is 177 cm³/mol. The van der Waals surface area contributed by atoms with Crippen molar-refractivity contribution in [3.63, 3.8) is 0 Å². The van der Waals surface area contributed by atoms with E-state index in [2.05, 4.69) is 4.98 Å². The van der Waals surface area contributed by atoms with E-state index in [0.29, 0.717) is 17.5 Å². The van der Waals surface area contributed by atoms with E-state index >= 15 is 0 Å². The number of nitrogens with zero attached hydrogens (tertiary/aromatic N) is 1. The van der Waals surface area contributed by atoms with Crippen LogP contribution in [-0.2, 0) is 30.8 Å². The molecule has 6 nitrogen and oxygen atoms in total. The lowest BCUT2D eigenvalue weighted by Gasteiger charge is -2.24. The van der Waals surface area contributed by atoms with Crippen molar-refractivity contribution < 1.29 is 21.6 Å². The number of ketones is 1. The van der Waals surface area contributed by atoms with Crippen LogP contribution in [0.15, 0.2) is 108 Å². The fraction of sp³-hybridized carbons (Fsp3) is 0.222. The van der Waals surface area contributed by atoms with Gasteiger partial charge in [0, 0.05) is 35.2 Å². The van der Waals surface area contributed by atoms with Crippen LogP contribution in [0.25, 0.3) is 22.0 Å². The van der Waals surface area contributed by atoms with Gasteiger partial charge in [-0.25, -0.2) is 16.8 Å². The van der Waals surface area contributed by atoms with E-state index in [1.807, 2.05) is 79.7 Å². The fourth-order valence-electron chi connectivity index (χ4n) is 5.30. The smallest absolute Gasteiger partial charge is 0.175 e. The van der Waals surface area contributed by atoms with Gasteiger partial charge in [-0.1, -0.05) is 72.3 Å². The molecular formula is C36H35NO5S2. The second kappa shape index (κ2) is 11.7. The Morgan fingerprint density at radius 3 is 2.14 bits per heavy atom. The maximum absolute atomic E-state index is 13.9. The molecule has 0 aliphatic carbocycles. The number of rotatable bonds is 9. The van der Waals surface area contributed by atoms with Crippen LogP contribution in [0.1, 0.15) is 52.4 Å². The highest BCUT2D eigenvalue weighted by atomic mass is 32.2. The van der Waals surface area contributed by atoms with Crippen molar-refractivity contribution in [1.82, 2.24) is 4.98 Å². The van der Waals surface area contributed by atoms with E-state index in [9.17, 15) is 21.6 Å². The minimum absolute atomic E-state index is 0.0634. The van der Waals surface area contributed by atoms with Gasteiger partial charge in [0.05, 0.1) is 21.1 Å². The van der Waals surface area contributed by atoms with Gasteiger partial charge in [0.25, 0.3) is 0 Å². The predicted octanol–water partition coefficient (Wildman–Crippen LogP) is 7.10. The van der Waals surface area contributed by atoms with E-state index in [4.69, 9.17) is 0 Å². The molecule has 5 rings (SSSR count). The number of benzene rings is 4. The lowest BCUT2D eigenvalue weighted by molar-refractivity contribution is 0.0959. The summed E-state index contributed by atoms with van der Waals surface area (Å²) >= 11 is 0. The van der Waals surface area contributed by atoms with Gasteiger partial charge >= 0.3 is 0 Å². The summed E-state index contributed by atoms with van der Waals surface area (Å²) in [5.74, 6) is -0.626. The third-order valence-corrected chi connectivity index (χ3v) is 11.6. The number of Topliss-reactive ketones (excluding diaryl/α,β-unsaturated/α-hetero) is 1. The van der Waals surface area contributed by atoms with Crippen molar-refractivity contribution in [1.29, 1.82) is 0 Å². The molecule has 0 saturated carbocycles. The second-order valence-electron chi connectivity index (χ2n) is 11.9. The summed E-state index contributed by atoms with van der Waals surface area (Å²) in [4.78, 5) is 18.8. The topological polar surface area (TPSA) is 98.2 Å². The van der Waals surface area contributed by atoms with Gasteiger partial charge in [0.15, 0.2) is 25.5 Å². The highest BCUT2D eigenvalue weighted by molar-refractivity contribution is 7.91. The van der Waals surface area contributed by atoms with Gasteiger partial charge in [-0.2, -0.15) is 0 Å². The first kappa shape index (κ1) is 31.3. The Labute approximate surface area is 259 Å². The zero-order valence-electron chi connectivity index (χ0n) is 25.4. The Bertz CT molecular complexity index is 2080. The van der Waals surface area contributed by atoms with Crippen LogP contribution in [0.2, 0.25) is 0 Å². The second-order valence-corrected chi connectivity index (χ2v) is 16.5. The zero-order chi connectivity index (χ0) is 31.9. The fourth-order valence-corrected chi connectivity index (χ4v) is 6.48. The zero-order valence-corrected chi connectivity index (χ0v) is 27.0. The van der Waals surface area contributed by atoms with Crippen LogP contribution in [0.4, 0.5) is 0 Å². The first-order valence-corrected chi connectivity index (χ1v) is 18.0. The molecule has 0 fully saturated rings. The third kappa shape index (κ3) is 6.37. The van der Waals surface area contributed by atoms with Crippen molar-refractivity contribution in [3.05, 3.63) is 131 Å². The number of carbonyl (C=O) groups excluding carboxylic acids is 1. The molecule has 1 heterocycles. The highest BCUT2D eigenvalue weighted by Gasteiger charge is 2.33. The number of hydrogen-bond donors (Lipinski definition) is 0. The normalized spacial score (nSPS) is 13.1. The Kier molecular flexibility index (Phi) is 8.35. The molecule has 0 saturated heterocycles. The Morgan fingerprint density at radius 2 is 1.50 bits per heavy atom. The summed E-state index contributed by atoms with van der Waals surface area (Å²) in [5.41, 5.74) is 6.32. The quantitative estimate of drug-likeness (QED) is 0.162. The molecule has 1 atom stereocenters.